The first kappa shape index (κ1) is 11.0. The summed E-state index contributed by atoms with van der Waals surface area (Å²) >= 11 is 0.875. The van der Waals surface area contributed by atoms with Crippen LogP contribution in [0.5, 0.6) is 0 Å². The van der Waals surface area contributed by atoms with E-state index in [2.05, 4.69) is 9.47 Å². The Bertz CT molecular complexity index is 275. The van der Waals surface area contributed by atoms with E-state index >= 15 is 0 Å². The smallest absolute Gasteiger partial charge is 0.435 e. The third kappa shape index (κ3) is 2.25. The van der Waals surface area contributed by atoms with Gasteiger partial charge in [-0.25, -0.2) is 4.79 Å². The van der Waals surface area contributed by atoms with Gasteiger partial charge in [-0.1, -0.05) is 11.8 Å². The summed E-state index contributed by atoms with van der Waals surface area (Å²) in [7, 11) is 0. The first-order valence-electron chi connectivity index (χ1n) is 4.14. The van der Waals surface area contributed by atoms with Crippen molar-refractivity contribution in [3.05, 3.63) is 0 Å². The summed E-state index contributed by atoms with van der Waals surface area (Å²) < 4.78 is 9.03. The molecule has 1 fully saturated rings. The van der Waals surface area contributed by atoms with Gasteiger partial charge in [0.05, 0.1) is 11.9 Å². The second-order valence-corrected chi connectivity index (χ2v) is 4.01. The molecule has 78 valence electrons. The number of carbonyl (C=O) groups is 3. The number of hydrogen-bond acceptors (Lipinski definition) is 6. The molecule has 0 radical (unpaired) electrons. The largest absolute Gasteiger partial charge is 0.509 e. The molecule has 1 aliphatic rings. The van der Waals surface area contributed by atoms with E-state index in [0.29, 0.717) is 0 Å². The lowest BCUT2D eigenvalue weighted by atomic mass is 10.2. The van der Waals surface area contributed by atoms with Gasteiger partial charge in [0, 0.05) is 0 Å². The third-order valence-corrected chi connectivity index (χ3v) is 2.67. The molecule has 1 rings (SSSR count). The Morgan fingerprint density at radius 2 is 2.14 bits per heavy atom. The van der Waals surface area contributed by atoms with Crippen molar-refractivity contribution in [1.82, 2.24) is 0 Å². The molecule has 0 bridgehead atoms. The Morgan fingerprint density at radius 3 is 2.57 bits per heavy atom. The van der Waals surface area contributed by atoms with Crippen LogP contribution in [0.4, 0.5) is 4.79 Å². The van der Waals surface area contributed by atoms with Crippen LogP contribution in [0.2, 0.25) is 0 Å². The molecule has 5 nitrogen and oxygen atoms in total. The van der Waals surface area contributed by atoms with Gasteiger partial charge < -0.3 is 9.47 Å². The summed E-state index contributed by atoms with van der Waals surface area (Å²) in [5.74, 6) is -0.381. The molecule has 0 amide bonds. The fourth-order valence-corrected chi connectivity index (χ4v) is 1.85. The van der Waals surface area contributed by atoms with Gasteiger partial charge in [0.2, 0.25) is 11.2 Å². The van der Waals surface area contributed by atoms with Crippen LogP contribution in [0.15, 0.2) is 0 Å². The van der Waals surface area contributed by atoms with Gasteiger partial charge in [0.25, 0.3) is 0 Å². The fourth-order valence-electron chi connectivity index (χ4n) is 0.978. The molecule has 0 aromatic carbocycles. The maximum Gasteiger partial charge on any atom is 0.509 e. The lowest BCUT2D eigenvalue weighted by molar-refractivity contribution is -0.133. The van der Waals surface area contributed by atoms with Crippen LogP contribution in [0.25, 0.3) is 0 Å². The molecule has 2 unspecified atom stereocenters. The van der Waals surface area contributed by atoms with Gasteiger partial charge >= 0.3 is 6.16 Å². The minimum absolute atomic E-state index is 0.149. The highest BCUT2D eigenvalue weighted by atomic mass is 32.2. The first-order valence-corrected chi connectivity index (χ1v) is 5.01. The molecule has 1 heterocycles. The molecule has 0 saturated carbocycles. The SMILES string of the molecule is CCOC(=O)OC1C(=O)SC(C)C1=O. The Labute approximate surface area is 85.1 Å². The lowest BCUT2D eigenvalue weighted by Crippen LogP contribution is -2.30. The number of Topliss-reactive ketones (excluding diaryl/α,β-unsaturated/α-hetero) is 1. The number of ketones is 1. The highest BCUT2D eigenvalue weighted by molar-refractivity contribution is 8.15. The van der Waals surface area contributed by atoms with E-state index in [1.807, 2.05) is 0 Å². The highest BCUT2D eigenvalue weighted by Crippen LogP contribution is 2.27. The first-order chi connectivity index (χ1) is 6.56. The lowest BCUT2D eigenvalue weighted by Gasteiger charge is -2.07. The number of thioether (sulfide) groups is 1. The van der Waals surface area contributed by atoms with E-state index in [0.717, 1.165) is 11.8 Å². The van der Waals surface area contributed by atoms with E-state index in [9.17, 15) is 14.4 Å². The third-order valence-electron chi connectivity index (χ3n) is 1.64. The molecule has 6 heteroatoms. The van der Waals surface area contributed by atoms with Crippen molar-refractivity contribution >= 4 is 28.8 Å². The Morgan fingerprint density at radius 1 is 1.50 bits per heavy atom. The maximum absolute atomic E-state index is 11.3. The zero-order chi connectivity index (χ0) is 10.7. The van der Waals surface area contributed by atoms with Crippen molar-refractivity contribution in [3.8, 4) is 0 Å². The van der Waals surface area contributed by atoms with E-state index < -0.39 is 22.6 Å². The average molecular weight is 218 g/mol. The van der Waals surface area contributed by atoms with Crippen molar-refractivity contribution in [2.24, 2.45) is 0 Å². The molecule has 0 N–H and O–H groups in total. The molecular formula is C8H10O5S. The molecule has 1 saturated heterocycles. The van der Waals surface area contributed by atoms with Crippen molar-refractivity contribution < 1.29 is 23.9 Å². The highest BCUT2D eigenvalue weighted by Gasteiger charge is 2.42. The quantitative estimate of drug-likeness (QED) is 0.503. The molecule has 1 aliphatic heterocycles. The van der Waals surface area contributed by atoms with E-state index in [4.69, 9.17) is 0 Å². The predicted molar refractivity (Wildman–Crippen MR) is 49.0 cm³/mol. The minimum Gasteiger partial charge on any atom is -0.435 e. The summed E-state index contributed by atoms with van der Waals surface area (Å²) in [5.41, 5.74) is 0. The van der Waals surface area contributed by atoms with E-state index in [1.54, 1.807) is 13.8 Å². The van der Waals surface area contributed by atoms with Gasteiger partial charge in [-0.2, -0.15) is 0 Å². The van der Waals surface area contributed by atoms with Crippen molar-refractivity contribution in [3.63, 3.8) is 0 Å². The van der Waals surface area contributed by atoms with Gasteiger partial charge in [0.15, 0.2) is 5.78 Å². The molecular weight excluding hydrogens is 208 g/mol. The zero-order valence-electron chi connectivity index (χ0n) is 7.81. The van der Waals surface area contributed by atoms with Crippen molar-refractivity contribution in [2.75, 3.05) is 6.61 Å². The second-order valence-electron chi connectivity index (χ2n) is 2.66. The van der Waals surface area contributed by atoms with Crippen LogP contribution in [0.1, 0.15) is 13.8 Å². The van der Waals surface area contributed by atoms with Gasteiger partial charge in [-0.3, -0.25) is 9.59 Å². The minimum atomic E-state index is -1.28. The molecule has 14 heavy (non-hydrogen) atoms. The molecule has 0 aliphatic carbocycles. The summed E-state index contributed by atoms with van der Waals surface area (Å²) in [4.78, 5) is 33.3. The standard InChI is InChI=1S/C8H10O5S/c1-3-12-8(11)13-6-5(9)4(2)14-7(6)10/h4,6H,3H2,1-2H3. The van der Waals surface area contributed by atoms with E-state index in [-0.39, 0.29) is 12.4 Å². The van der Waals surface area contributed by atoms with Crippen molar-refractivity contribution in [1.29, 1.82) is 0 Å². The van der Waals surface area contributed by atoms with Crippen LogP contribution in [0.3, 0.4) is 0 Å². The molecule has 2 atom stereocenters. The van der Waals surface area contributed by atoms with Gasteiger partial charge in [-0.15, -0.1) is 0 Å². The average Bonchev–Trinajstić information content (AvgIpc) is 2.33. The van der Waals surface area contributed by atoms with Crippen LogP contribution in [-0.4, -0.2) is 35.0 Å². The number of hydrogen-bond donors (Lipinski definition) is 0. The van der Waals surface area contributed by atoms with Crippen molar-refractivity contribution in [2.45, 2.75) is 25.2 Å². The van der Waals surface area contributed by atoms with Crippen LogP contribution < -0.4 is 0 Å². The summed E-state index contributed by atoms with van der Waals surface area (Å²) in [5, 5.41) is -0.877. The monoisotopic (exact) mass is 218 g/mol. The molecule has 0 aromatic heterocycles. The second kappa shape index (κ2) is 4.45. The fraction of sp³-hybridized carbons (Fsp3) is 0.625. The van der Waals surface area contributed by atoms with Crippen LogP contribution in [-0.2, 0) is 19.1 Å². The number of rotatable bonds is 2. The van der Waals surface area contributed by atoms with Crippen LogP contribution >= 0.6 is 11.8 Å². The van der Waals surface area contributed by atoms with E-state index in [1.165, 1.54) is 0 Å². The zero-order valence-corrected chi connectivity index (χ0v) is 8.63. The topological polar surface area (TPSA) is 69.7 Å². The molecule has 0 spiro atoms. The van der Waals surface area contributed by atoms with Crippen LogP contribution in [0, 0.1) is 0 Å². The number of ether oxygens (including phenoxy) is 2. The normalized spacial score (nSPS) is 26.4. The summed E-state index contributed by atoms with van der Waals surface area (Å²) in [6.07, 6.45) is -2.26. The maximum atomic E-state index is 11.3. The summed E-state index contributed by atoms with van der Waals surface area (Å²) in [6, 6.07) is 0. The Balaban J connectivity index is 2.56. The Hall–Kier alpha value is -1.04. The van der Waals surface area contributed by atoms with Gasteiger partial charge in [0.1, 0.15) is 0 Å². The Kier molecular flexibility index (Phi) is 3.51. The molecule has 0 aromatic rings. The summed E-state index contributed by atoms with van der Waals surface area (Å²) in [6.45, 7) is 3.35. The number of carbonyl (C=O) groups excluding carboxylic acids is 3. The predicted octanol–water partition coefficient (Wildman–Crippen LogP) is 0.759. The van der Waals surface area contributed by atoms with Gasteiger partial charge in [-0.05, 0) is 13.8 Å².